The molecule has 4 heterocycles. The number of hydrogen-bond donors (Lipinski definition) is 1. The van der Waals surface area contributed by atoms with Crippen LogP contribution in [0.5, 0.6) is 23.0 Å². The second kappa shape index (κ2) is 5.99. The number of aromatic nitrogens is 4. The van der Waals surface area contributed by atoms with Crippen LogP contribution in [0.15, 0.2) is 42.7 Å². The number of imidazole rings is 1. The number of benzene rings is 2. The van der Waals surface area contributed by atoms with Crippen LogP contribution in [0.1, 0.15) is 11.6 Å². The predicted molar refractivity (Wildman–Crippen MR) is 99.8 cm³/mol. The summed E-state index contributed by atoms with van der Waals surface area (Å²) >= 11 is 0. The van der Waals surface area contributed by atoms with E-state index in [9.17, 15) is 5.21 Å². The quantitative estimate of drug-likeness (QED) is 0.423. The zero-order chi connectivity index (χ0) is 19.4. The first-order valence-electron chi connectivity index (χ1n) is 9.01. The van der Waals surface area contributed by atoms with E-state index in [1.54, 1.807) is 30.6 Å². The average molecular weight is 390 g/mol. The van der Waals surface area contributed by atoms with E-state index >= 15 is 0 Å². The molecule has 9 nitrogen and oxygen atoms in total. The molecule has 4 aromatic rings. The van der Waals surface area contributed by atoms with Crippen molar-refractivity contribution in [1.82, 2.24) is 15.0 Å². The molecule has 0 amide bonds. The first-order chi connectivity index (χ1) is 14.3. The van der Waals surface area contributed by atoms with Gasteiger partial charge in [-0.3, -0.25) is 0 Å². The van der Waals surface area contributed by atoms with Gasteiger partial charge in [0.05, 0.1) is 0 Å². The summed E-state index contributed by atoms with van der Waals surface area (Å²) in [5.41, 5.74) is 1.72. The van der Waals surface area contributed by atoms with Crippen LogP contribution in [-0.2, 0) is 6.42 Å². The number of nitrogens with zero attached hydrogens (tertiary/aromatic N) is 3. The number of ether oxygens (including phenoxy) is 4. The summed E-state index contributed by atoms with van der Waals surface area (Å²) in [6, 6.07) is 9.02. The molecule has 0 saturated carbocycles. The van der Waals surface area contributed by atoms with Gasteiger partial charge in [0.2, 0.25) is 13.6 Å². The van der Waals surface area contributed by atoms with Crippen LogP contribution in [0.25, 0.3) is 22.2 Å². The minimum atomic E-state index is 0.0992. The third-order valence-electron chi connectivity index (χ3n) is 4.97. The van der Waals surface area contributed by atoms with E-state index in [0.717, 1.165) is 4.73 Å². The lowest BCUT2D eigenvalue weighted by Gasteiger charge is -2.15. The molecule has 6 rings (SSSR count). The molecule has 0 bridgehead atoms. The van der Waals surface area contributed by atoms with Gasteiger partial charge >= 0.3 is 5.82 Å². The van der Waals surface area contributed by atoms with Crippen molar-refractivity contribution >= 4 is 10.9 Å². The SMILES string of the molecule is [O-][n+]1c(Cc2ncc[nH]2)nc2ccc3c(c2c1-c1ccc2c(c1)OCO2)OCO3. The Morgan fingerprint density at radius 3 is 2.72 bits per heavy atom. The summed E-state index contributed by atoms with van der Waals surface area (Å²) in [6.07, 6.45) is 3.61. The van der Waals surface area contributed by atoms with Crippen molar-refractivity contribution in [3.8, 4) is 34.3 Å². The lowest BCUT2D eigenvalue weighted by Crippen LogP contribution is -2.36. The fraction of sp³-hybridized carbons (Fsp3) is 0.150. The maximum atomic E-state index is 13.5. The highest BCUT2D eigenvalue weighted by atomic mass is 16.7. The van der Waals surface area contributed by atoms with Crippen molar-refractivity contribution in [2.24, 2.45) is 0 Å². The van der Waals surface area contributed by atoms with Gasteiger partial charge < -0.3 is 29.1 Å². The van der Waals surface area contributed by atoms with Gasteiger partial charge in [0.1, 0.15) is 17.6 Å². The van der Waals surface area contributed by atoms with Crippen LogP contribution in [0, 0.1) is 5.21 Å². The van der Waals surface area contributed by atoms with Gasteiger partial charge in [0.15, 0.2) is 34.2 Å². The maximum Gasteiger partial charge on any atom is 0.310 e. The Labute approximate surface area is 164 Å². The van der Waals surface area contributed by atoms with E-state index in [0.29, 0.717) is 56.8 Å². The topological polar surface area (TPSA) is 105 Å². The number of H-pyrrole nitrogens is 1. The molecule has 9 heteroatoms. The van der Waals surface area contributed by atoms with Gasteiger partial charge in [-0.15, -0.1) is 0 Å². The highest BCUT2D eigenvalue weighted by molar-refractivity contribution is 5.98. The zero-order valence-electron chi connectivity index (χ0n) is 15.0. The molecule has 0 atom stereocenters. The standard InChI is InChI=1S/C20H14N4O5/c25-24-17(8-16-21-5-6-22-16)23-12-2-4-14-20(29-10-27-14)18(12)19(24)11-1-3-13-15(7-11)28-9-26-13/h1-7H,8-10H2,(H,21,22). The molecule has 0 fully saturated rings. The van der Waals surface area contributed by atoms with E-state index in [1.807, 2.05) is 12.1 Å². The number of aromatic amines is 1. The lowest BCUT2D eigenvalue weighted by atomic mass is 10.0. The summed E-state index contributed by atoms with van der Waals surface area (Å²) in [6.45, 7) is 0.255. The van der Waals surface area contributed by atoms with E-state index in [2.05, 4.69) is 15.0 Å². The minimum Gasteiger partial charge on any atom is -0.710 e. The van der Waals surface area contributed by atoms with E-state index in [-0.39, 0.29) is 20.0 Å². The predicted octanol–water partition coefficient (Wildman–Crippen LogP) is 2.31. The van der Waals surface area contributed by atoms with E-state index in [1.165, 1.54) is 0 Å². The molecule has 0 aliphatic carbocycles. The summed E-state index contributed by atoms with van der Waals surface area (Å²) < 4.78 is 22.9. The van der Waals surface area contributed by atoms with Crippen molar-refractivity contribution in [2.45, 2.75) is 6.42 Å². The van der Waals surface area contributed by atoms with Crippen LogP contribution >= 0.6 is 0 Å². The Kier molecular flexibility index (Phi) is 3.31. The van der Waals surface area contributed by atoms with Gasteiger partial charge in [-0.2, -0.15) is 0 Å². The van der Waals surface area contributed by atoms with Gasteiger partial charge in [0.25, 0.3) is 0 Å². The molecule has 0 unspecified atom stereocenters. The second-order valence-electron chi connectivity index (χ2n) is 6.65. The Morgan fingerprint density at radius 2 is 1.83 bits per heavy atom. The monoisotopic (exact) mass is 390 g/mol. The average Bonchev–Trinajstić information content (AvgIpc) is 3.49. The van der Waals surface area contributed by atoms with Crippen molar-refractivity contribution in [1.29, 1.82) is 0 Å². The van der Waals surface area contributed by atoms with Gasteiger partial charge in [0, 0.05) is 18.0 Å². The zero-order valence-corrected chi connectivity index (χ0v) is 15.0. The summed E-state index contributed by atoms with van der Waals surface area (Å²) in [7, 11) is 0. The number of hydrogen-bond acceptors (Lipinski definition) is 7. The minimum absolute atomic E-state index is 0.0992. The second-order valence-corrected chi connectivity index (χ2v) is 6.65. The maximum absolute atomic E-state index is 13.5. The molecule has 2 aliphatic rings. The lowest BCUT2D eigenvalue weighted by molar-refractivity contribution is -0.604. The first kappa shape index (κ1) is 16.0. The molecule has 0 saturated heterocycles. The van der Waals surface area contributed by atoms with Crippen LogP contribution in [0.4, 0.5) is 0 Å². The molecule has 29 heavy (non-hydrogen) atoms. The van der Waals surface area contributed by atoms with Gasteiger partial charge in [-0.1, -0.05) is 0 Å². The van der Waals surface area contributed by atoms with Crippen LogP contribution in [0.2, 0.25) is 0 Å². The number of fused-ring (bicyclic) bond motifs is 4. The largest absolute Gasteiger partial charge is 0.710 e. The normalized spacial score (nSPS) is 13.9. The van der Waals surface area contributed by atoms with E-state index < -0.39 is 0 Å². The molecule has 144 valence electrons. The molecular weight excluding hydrogens is 376 g/mol. The molecule has 2 aliphatic heterocycles. The van der Waals surface area contributed by atoms with Gasteiger partial charge in [-0.25, -0.2) is 9.71 Å². The van der Waals surface area contributed by atoms with Gasteiger partial charge in [-0.05, 0) is 35.3 Å². The Hall–Kier alpha value is -4.01. The molecule has 1 N–H and O–H groups in total. The Morgan fingerprint density at radius 1 is 1.00 bits per heavy atom. The van der Waals surface area contributed by atoms with Crippen LogP contribution in [-0.4, -0.2) is 28.5 Å². The third kappa shape index (κ3) is 2.44. The van der Waals surface area contributed by atoms with Crippen molar-refractivity contribution in [2.75, 3.05) is 13.6 Å². The molecule has 2 aromatic heterocycles. The van der Waals surface area contributed by atoms with E-state index in [4.69, 9.17) is 18.9 Å². The fourth-order valence-corrected chi connectivity index (χ4v) is 3.66. The Bertz CT molecular complexity index is 1260. The van der Waals surface area contributed by atoms with Crippen molar-refractivity contribution in [3.63, 3.8) is 0 Å². The highest BCUT2D eigenvalue weighted by Gasteiger charge is 2.29. The Balaban J connectivity index is 1.63. The smallest absolute Gasteiger partial charge is 0.310 e. The number of rotatable bonds is 3. The van der Waals surface area contributed by atoms with Crippen molar-refractivity contribution < 1.29 is 23.7 Å². The summed E-state index contributed by atoms with van der Waals surface area (Å²) in [4.78, 5) is 11.8. The molecule has 0 spiro atoms. The van der Waals surface area contributed by atoms with Crippen LogP contribution in [0.3, 0.4) is 0 Å². The summed E-state index contributed by atoms with van der Waals surface area (Å²) in [5.74, 6) is 3.30. The number of nitrogens with one attached hydrogen (secondary N) is 1. The van der Waals surface area contributed by atoms with Crippen LogP contribution < -0.4 is 23.7 Å². The van der Waals surface area contributed by atoms with Crippen molar-refractivity contribution in [3.05, 3.63) is 59.6 Å². The molecule has 0 radical (unpaired) electrons. The molecular formula is C20H14N4O5. The summed E-state index contributed by atoms with van der Waals surface area (Å²) in [5, 5.41) is 14.0. The highest BCUT2D eigenvalue weighted by Crippen LogP contribution is 2.43. The molecule has 2 aromatic carbocycles. The third-order valence-corrected chi connectivity index (χ3v) is 4.97. The first-order valence-corrected chi connectivity index (χ1v) is 9.01. The fourth-order valence-electron chi connectivity index (χ4n) is 3.66.